The average Bonchev–Trinajstić information content (AvgIpc) is 2.70. The van der Waals surface area contributed by atoms with Crippen LogP contribution in [0.25, 0.3) is 0 Å². The van der Waals surface area contributed by atoms with Crippen LogP contribution in [0.1, 0.15) is 20.8 Å². The van der Waals surface area contributed by atoms with E-state index in [1.165, 1.54) is 11.3 Å². The molecule has 0 atom stereocenters. The van der Waals surface area contributed by atoms with E-state index in [0.717, 1.165) is 22.1 Å². The lowest BCUT2D eigenvalue weighted by Crippen LogP contribution is -2.10. The third-order valence-corrected chi connectivity index (χ3v) is 4.79. The summed E-state index contributed by atoms with van der Waals surface area (Å²) in [5.41, 5.74) is 2.82. The van der Waals surface area contributed by atoms with Crippen LogP contribution in [0.3, 0.4) is 0 Å². The number of thiophene rings is 1. The third-order valence-electron chi connectivity index (χ3n) is 2.44. The predicted octanol–water partition coefficient (Wildman–Crippen LogP) is 4.86. The Bertz CT molecular complexity index is 582. The van der Waals surface area contributed by atoms with Crippen molar-refractivity contribution in [2.75, 3.05) is 5.32 Å². The van der Waals surface area contributed by atoms with Crippen LogP contribution in [0.15, 0.2) is 29.6 Å². The van der Waals surface area contributed by atoms with E-state index in [4.69, 9.17) is 11.6 Å². The largest absolute Gasteiger partial charge is 0.321 e. The van der Waals surface area contributed by atoms with Crippen molar-refractivity contribution in [3.63, 3.8) is 0 Å². The standard InChI is InChI=1S/C13H11BrClNOS/c1-8-7-18-12(11(8)15)13(17)16-10-4-2-3-9(5-10)6-14/h2-5,7H,6H2,1H3,(H,16,17). The van der Waals surface area contributed by atoms with Crippen molar-refractivity contribution in [3.05, 3.63) is 50.7 Å². The average molecular weight is 345 g/mol. The quantitative estimate of drug-likeness (QED) is 0.792. The number of rotatable bonds is 3. The summed E-state index contributed by atoms with van der Waals surface area (Å²) < 4.78 is 0. The lowest BCUT2D eigenvalue weighted by molar-refractivity contribution is 0.103. The van der Waals surface area contributed by atoms with Gasteiger partial charge in [-0.15, -0.1) is 11.3 Å². The van der Waals surface area contributed by atoms with Crippen LogP contribution in [0.2, 0.25) is 5.02 Å². The van der Waals surface area contributed by atoms with Crippen molar-refractivity contribution >= 4 is 50.5 Å². The SMILES string of the molecule is Cc1csc(C(=O)Nc2cccc(CBr)c2)c1Cl. The fourth-order valence-corrected chi connectivity index (χ4v) is 3.03. The van der Waals surface area contributed by atoms with Gasteiger partial charge in [0, 0.05) is 11.0 Å². The number of hydrogen-bond acceptors (Lipinski definition) is 2. The molecule has 0 spiro atoms. The second-order valence-electron chi connectivity index (χ2n) is 3.85. The molecule has 5 heteroatoms. The topological polar surface area (TPSA) is 29.1 Å². The summed E-state index contributed by atoms with van der Waals surface area (Å²) in [6.45, 7) is 1.89. The molecule has 0 fully saturated rings. The van der Waals surface area contributed by atoms with E-state index in [9.17, 15) is 4.79 Å². The molecule has 2 nitrogen and oxygen atoms in total. The van der Waals surface area contributed by atoms with E-state index in [0.29, 0.717) is 9.90 Å². The maximum Gasteiger partial charge on any atom is 0.267 e. The zero-order chi connectivity index (χ0) is 13.1. The summed E-state index contributed by atoms with van der Waals surface area (Å²) in [5.74, 6) is -0.162. The molecule has 1 N–H and O–H groups in total. The molecule has 0 radical (unpaired) electrons. The molecule has 0 saturated carbocycles. The lowest BCUT2D eigenvalue weighted by atomic mass is 10.2. The van der Waals surface area contributed by atoms with Crippen molar-refractivity contribution in [2.45, 2.75) is 12.3 Å². The van der Waals surface area contributed by atoms with Crippen molar-refractivity contribution in [3.8, 4) is 0 Å². The van der Waals surface area contributed by atoms with Gasteiger partial charge >= 0.3 is 0 Å². The molecule has 0 saturated heterocycles. The Labute approximate surface area is 123 Å². The van der Waals surface area contributed by atoms with Gasteiger partial charge in [0.05, 0.1) is 5.02 Å². The first kappa shape index (κ1) is 13.6. The number of halogens is 2. The molecule has 1 amide bonds. The maximum absolute atomic E-state index is 12.1. The van der Waals surface area contributed by atoms with E-state index in [1.54, 1.807) is 0 Å². The maximum atomic E-state index is 12.1. The molecule has 0 bridgehead atoms. The third kappa shape index (κ3) is 2.94. The molecule has 94 valence electrons. The van der Waals surface area contributed by atoms with Gasteiger partial charge < -0.3 is 5.32 Å². The van der Waals surface area contributed by atoms with E-state index in [-0.39, 0.29) is 5.91 Å². The minimum atomic E-state index is -0.162. The molecular weight excluding hydrogens is 334 g/mol. The molecule has 1 heterocycles. The van der Waals surface area contributed by atoms with E-state index < -0.39 is 0 Å². The van der Waals surface area contributed by atoms with Gasteiger partial charge in [0.15, 0.2) is 0 Å². The summed E-state index contributed by atoms with van der Waals surface area (Å²) >= 11 is 10.8. The Morgan fingerprint density at radius 2 is 2.28 bits per heavy atom. The van der Waals surface area contributed by atoms with Gasteiger partial charge in [-0.05, 0) is 35.6 Å². The summed E-state index contributed by atoms with van der Waals surface area (Å²) in [4.78, 5) is 12.6. The van der Waals surface area contributed by atoms with Crippen LogP contribution in [-0.2, 0) is 5.33 Å². The number of carbonyl (C=O) groups excluding carboxylic acids is 1. The highest BCUT2D eigenvalue weighted by Gasteiger charge is 2.14. The molecule has 0 unspecified atom stereocenters. The molecule has 1 aromatic carbocycles. The molecule has 0 aliphatic heterocycles. The molecule has 18 heavy (non-hydrogen) atoms. The normalized spacial score (nSPS) is 10.4. The molecule has 2 aromatic rings. The van der Waals surface area contributed by atoms with Crippen molar-refractivity contribution in [1.82, 2.24) is 0 Å². The second kappa shape index (κ2) is 5.87. The van der Waals surface area contributed by atoms with Crippen LogP contribution in [0.5, 0.6) is 0 Å². The number of aryl methyl sites for hydroxylation is 1. The second-order valence-corrected chi connectivity index (χ2v) is 5.67. The highest BCUT2D eigenvalue weighted by Crippen LogP contribution is 2.28. The van der Waals surface area contributed by atoms with Crippen LogP contribution in [0, 0.1) is 6.92 Å². The van der Waals surface area contributed by atoms with E-state index in [2.05, 4.69) is 21.2 Å². The van der Waals surface area contributed by atoms with Gasteiger partial charge in [-0.3, -0.25) is 4.79 Å². The van der Waals surface area contributed by atoms with Gasteiger partial charge in [0.1, 0.15) is 4.88 Å². The zero-order valence-electron chi connectivity index (χ0n) is 9.67. The Balaban J connectivity index is 2.18. The van der Waals surface area contributed by atoms with Crippen molar-refractivity contribution in [2.24, 2.45) is 0 Å². The van der Waals surface area contributed by atoms with E-state index in [1.807, 2.05) is 36.6 Å². The lowest BCUT2D eigenvalue weighted by Gasteiger charge is -2.05. The van der Waals surface area contributed by atoms with Crippen LogP contribution in [0.4, 0.5) is 5.69 Å². The number of alkyl halides is 1. The fraction of sp³-hybridized carbons (Fsp3) is 0.154. The van der Waals surface area contributed by atoms with Crippen LogP contribution in [-0.4, -0.2) is 5.91 Å². The molecule has 2 rings (SSSR count). The summed E-state index contributed by atoms with van der Waals surface area (Å²) in [6, 6.07) is 7.69. The van der Waals surface area contributed by atoms with Gasteiger partial charge in [-0.25, -0.2) is 0 Å². The monoisotopic (exact) mass is 343 g/mol. The number of benzene rings is 1. The molecule has 0 aliphatic carbocycles. The first-order chi connectivity index (χ1) is 8.61. The number of carbonyl (C=O) groups is 1. The first-order valence-corrected chi connectivity index (χ1v) is 7.69. The summed E-state index contributed by atoms with van der Waals surface area (Å²) in [5, 5.41) is 6.03. The van der Waals surface area contributed by atoms with Gasteiger partial charge in [-0.2, -0.15) is 0 Å². The van der Waals surface area contributed by atoms with Crippen LogP contribution >= 0.6 is 38.9 Å². The van der Waals surface area contributed by atoms with Gasteiger partial charge in [0.2, 0.25) is 0 Å². The Hall–Kier alpha value is -0.840. The zero-order valence-corrected chi connectivity index (χ0v) is 12.8. The Morgan fingerprint density at radius 3 is 2.89 bits per heavy atom. The first-order valence-electron chi connectivity index (χ1n) is 5.31. The van der Waals surface area contributed by atoms with Gasteiger partial charge in [0.25, 0.3) is 5.91 Å². The molecular formula is C13H11BrClNOS. The molecule has 0 aliphatic rings. The minimum absolute atomic E-state index is 0.162. The summed E-state index contributed by atoms with van der Waals surface area (Å²) in [6.07, 6.45) is 0. The van der Waals surface area contributed by atoms with Crippen LogP contribution < -0.4 is 5.32 Å². The molecule has 1 aromatic heterocycles. The number of nitrogens with one attached hydrogen (secondary N) is 1. The highest BCUT2D eigenvalue weighted by molar-refractivity contribution is 9.08. The predicted molar refractivity (Wildman–Crippen MR) is 81.1 cm³/mol. The Kier molecular flexibility index (Phi) is 4.43. The smallest absolute Gasteiger partial charge is 0.267 e. The number of hydrogen-bond donors (Lipinski definition) is 1. The number of amides is 1. The fourth-order valence-electron chi connectivity index (χ4n) is 1.50. The van der Waals surface area contributed by atoms with Crippen molar-refractivity contribution in [1.29, 1.82) is 0 Å². The van der Waals surface area contributed by atoms with Gasteiger partial charge in [-0.1, -0.05) is 39.7 Å². The van der Waals surface area contributed by atoms with E-state index >= 15 is 0 Å². The Morgan fingerprint density at radius 1 is 1.50 bits per heavy atom. The highest BCUT2D eigenvalue weighted by atomic mass is 79.9. The number of anilines is 1. The summed E-state index contributed by atoms with van der Waals surface area (Å²) in [7, 11) is 0. The minimum Gasteiger partial charge on any atom is -0.321 e. The van der Waals surface area contributed by atoms with Crippen molar-refractivity contribution < 1.29 is 4.79 Å².